The molecule has 1 aliphatic rings. The van der Waals surface area contributed by atoms with Crippen LogP contribution in [0.5, 0.6) is 5.88 Å². The molecule has 1 saturated carbocycles. The van der Waals surface area contributed by atoms with Crippen molar-refractivity contribution in [2.45, 2.75) is 38.5 Å². The van der Waals surface area contributed by atoms with Crippen LogP contribution < -0.4 is 5.56 Å². The molecule has 100 valence electrons. The first-order valence-corrected chi connectivity index (χ1v) is 7.29. The second kappa shape index (κ2) is 4.77. The largest absolute Gasteiger partial charge is 0.493 e. The number of H-pyrrole nitrogens is 1. The van der Waals surface area contributed by atoms with Gasteiger partial charge in [0.05, 0.1) is 10.6 Å². The molecule has 0 aliphatic heterocycles. The molecule has 0 aromatic carbocycles. The zero-order valence-corrected chi connectivity index (χ0v) is 11.5. The summed E-state index contributed by atoms with van der Waals surface area (Å²) in [6.45, 7) is 1.89. The van der Waals surface area contributed by atoms with Crippen LogP contribution in [0.2, 0.25) is 0 Å². The molecule has 1 aliphatic carbocycles. The van der Waals surface area contributed by atoms with Gasteiger partial charge in [0.15, 0.2) is 5.82 Å². The van der Waals surface area contributed by atoms with Gasteiger partial charge in [-0.15, -0.1) is 11.3 Å². The Hall–Kier alpha value is -1.69. The Balaban J connectivity index is 2.04. The lowest BCUT2D eigenvalue weighted by Gasteiger charge is -2.10. The Morgan fingerprint density at radius 3 is 2.68 bits per heavy atom. The van der Waals surface area contributed by atoms with Crippen LogP contribution in [0.15, 0.2) is 10.2 Å². The minimum Gasteiger partial charge on any atom is -0.493 e. The molecular weight excluding hydrogens is 262 g/mol. The normalized spacial score (nSPS) is 16.1. The van der Waals surface area contributed by atoms with Crippen molar-refractivity contribution in [1.82, 2.24) is 15.0 Å². The fourth-order valence-corrected chi connectivity index (χ4v) is 3.24. The fraction of sp³-hybridized carbons (Fsp3) is 0.462. The molecule has 2 aromatic rings. The Morgan fingerprint density at radius 2 is 2.11 bits per heavy atom. The van der Waals surface area contributed by atoms with Crippen LogP contribution >= 0.6 is 11.3 Å². The predicted octanol–water partition coefficient (Wildman–Crippen LogP) is 2.57. The van der Waals surface area contributed by atoms with Gasteiger partial charge in [0.2, 0.25) is 5.88 Å². The number of hydrogen-bond donors (Lipinski definition) is 2. The molecule has 19 heavy (non-hydrogen) atoms. The zero-order valence-electron chi connectivity index (χ0n) is 10.6. The molecule has 0 spiro atoms. The molecule has 0 radical (unpaired) electrons. The Morgan fingerprint density at radius 1 is 1.37 bits per heavy atom. The first-order valence-electron chi connectivity index (χ1n) is 6.41. The van der Waals surface area contributed by atoms with Crippen molar-refractivity contribution in [2.75, 3.05) is 0 Å². The maximum absolute atomic E-state index is 12.1. The average Bonchev–Trinajstić information content (AvgIpc) is 2.99. The lowest BCUT2D eigenvalue weighted by Crippen LogP contribution is -2.17. The first-order chi connectivity index (χ1) is 9.15. The van der Waals surface area contributed by atoms with Crippen LogP contribution in [0, 0.1) is 6.92 Å². The van der Waals surface area contributed by atoms with Gasteiger partial charge in [-0.05, 0) is 25.7 Å². The minimum absolute atomic E-state index is 0.141. The van der Waals surface area contributed by atoms with Crippen LogP contribution in [0.4, 0.5) is 0 Å². The lowest BCUT2D eigenvalue weighted by atomic mass is 10.00. The third-order valence-electron chi connectivity index (χ3n) is 3.56. The van der Waals surface area contributed by atoms with Crippen molar-refractivity contribution < 1.29 is 5.11 Å². The SMILES string of the molecule is Cc1nc(-c2nc(O)c(C3CCCC3)c(=O)[nH]2)cs1. The summed E-state index contributed by atoms with van der Waals surface area (Å²) in [6.07, 6.45) is 4.12. The topological polar surface area (TPSA) is 78.9 Å². The first kappa shape index (κ1) is 12.3. The molecule has 0 unspecified atom stereocenters. The highest BCUT2D eigenvalue weighted by Crippen LogP contribution is 2.35. The number of aryl methyl sites for hydroxylation is 1. The number of nitrogens with zero attached hydrogens (tertiary/aromatic N) is 2. The van der Waals surface area contributed by atoms with Crippen molar-refractivity contribution in [2.24, 2.45) is 0 Å². The van der Waals surface area contributed by atoms with Crippen LogP contribution in [0.3, 0.4) is 0 Å². The van der Waals surface area contributed by atoms with E-state index in [1.807, 2.05) is 12.3 Å². The Labute approximate surface area is 114 Å². The molecule has 2 heterocycles. The summed E-state index contributed by atoms with van der Waals surface area (Å²) in [5.74, 6) is 0.340. The monoisotopic (exact) mass is 277 g/mol. The van der Waals surface area contributed by atoms with E-state index in [1.54, 1.807) is 0 Å². The molecule has 6 heteroatoms. The van der Waals surface area contributed by atoms with E-state index >= 15 is 0 Å². The van der Waals surface area contributed by atoms with Gasteiger partial charge in [-0.1, -0.05) is 12.8 Å². The van der Waals surface area contributed by atoms with Crippen LogP contribution in [0.1, 0.15) is 42.2 Å². The van der Waals surface area contributed by atoms with E-state index in [1.165, 1.54) is 11.3 Å². The van der Waals surface area contributed by atoms with Crippen molar-refractivity contribution in [3.63, 3.8) is 0 Å². The molecule has 0 amide bonds. The van der Waals surface area contributed by atoms with Crippen molar-refractivity contribution in [3.05, 3.63) is 26.3 Å². The second-order valence-corrected chi connectivity index (χ2v) is 5.95. The Bertz CT molecular complexity index is 656. The van der Waals surface area contributed by atoms with Crippen LogP contribution in [-0.4, -0.2) is 20.1 Å². The van der Waals surface area contributed by atoms with Crippen LogP contribution in [-0.2, 0) is 0 Å². The van der Waals surface area contributed by atoms with Gasteiger partial charge >= 0.3 is 0 Å². The van der Waals surface area contributed by atoms with Gasteiger partial charge < -0.3 is 10.1 Å². The summed E-state index contributed by atoms with van der Waals surface area (Å²) in [4.78, 5) is 23.3. The lowest BCUT2D eigenvalue weighted by molar-refractivity contribution is 0.436. The van der Waals surface area contributed by atoms with E-state index in [0.29, 0.717) is 17.1 Å². The highest BCUT2D eigenvalue weighted by molar-refractivity contribution is 7.09. The molecule has 2 N–H and O–H groups in total. The number of aromatic amines is 1. The Kier molecular flexibility index (Phi) is 3.10. The number of thiazole rings is 1. The standard InChI is InChI=1S/C13H15N3O2S/c1-7-14-9(6-19-7)11-15-12(17)10(13(18)16-11)8-4-2-3-5-8/h6,8H,2-5H2,1H3,(H2,15,16,17,18). The minimum atomic E-state index is -0.236. The molecular formula is C13H15N3O2S. The van der Waals surface area contributed by atoms with Gasteiger partial charge in [-0.25, -0.2) is 4.98 Å². The summed E-state index contributed by atoms with van der Waals surface area (Å²) < 4.78 is 0. The second-order valence-electron chi connectivity index (χ2n) is 4.88. The number of hydrogen-bond acceptors (Lipinski definition) is 5. The molecule has 1 fully saturated rings. The molecule has 2 aromatic heterocycles. The fourth-order valence-electron chi connectivity index (χ4n) is 2.65. The number of aromatic nitrogens is 3. The predicted molar refractivity (Wildman–Crippen MR) is 73.6 cm³/mol. The molecule has 3 rings (SSSR count). The van der Waals surface area contributed by atoms with E-state index in [2.05, 4.69) is 15.0 Å². The van der Waals surface area contributed by atoms with Gasteiger partial charge in [0.1, 0.15) is 5.69 Å². The van der Waals surface area contributed by atoms with Gasteiger partial charge in [0, 0.05) is 5.38 Å². The van der Waals surface area contributed by atoms with E-state index < -0.39 is 0 Å². The third-order valence-corrected chi connectivity index (χ3v) is 4.33. The zero-order chi connectivity index (χ0) is 13.4. The highest BCUT2D eigenvalue weighted by Gasteiger charge is 2.25. The highest BCUT2D eigenvalue weighted by atomic mass is 32.1. The van der Waals surface area contributed by atoms with Crippen LogP contribution in [0.25, 0.3) is 11.5 Å². The van der Waals surface area contributed by atoms with Gasteiger partial charge in [-0.3, -0.25) is 4.79 Å². The van der Waals surface area contributed by atoms with E-state index in [0.717, 1.165) is 30.7 Å². The van der Waals surface area contributed by atoms with E-state index in [9.17, 15) is 9.90 Å². The van der Waals surface area contributed by atoms with Crippen molar-refractivity contribution in [1.29, 1.82) is 0 Å². The molecule has 0 bridgehead atoms. The van der Waals surface area contributed by atoms with Gasteiger partial charge in [0.25, 0.3) is 5.56 Å². The number of nitrogens with one attached hydrogen (secondary N) is 1. The molecule has 0 saturated heterocycles. The maximum Gasteiger partial charge on any atom is 0.258 e. The van der Waals surface area contributed by atoms with Crippen molar-refractivity contribution in [3.8, 4) is 17.4 Å². The summed E-state index contributed by atoms with van der Waals surface area (Å²) in [6, 6.07) is 0. The maximum atomic E-state index is 12.1. The quantitative estimate of drug-likeness (QED) is 0.884. The summed E-state index contributed by atoms with van der Waals surface area (Å²) in [5, 5.41) is 12.8. The average molecular weight is 277 g/mol. The number of rotatable bonds is 2. The molecule has 0 atom stereocenters. The van der Waals surface area contributed by atoms with Gasteiger partial charge in [-0.2, -0.15) is 4.98 Å². The van der Waals surface area contributed by atoms with E-state index in [-0.39, 0.29) is 17.4 Å². The smallest absolute Gasteiger partial charge is 0.258 e. The summed E-state index contributed by atoms with van der Waals surface area (Å²) >= 11 is 1.49. The van der Waals surface area contributed by atoms with Crippen molar-refractivity contribution >= 4 is 11.3 Å². The summed E-state index contributed by atoms with van der Waals surface area (Å²) in [5.41, 5.74) is 0.807. The van der Waals surface area contributed by atoms with E-state index in [4.69, 9.17) is 0 Å². The number of aromatic hydroxyl groups is 1. The molecule has 5 nitrogen and oxygen atoms in total. The summed E-state index contributed by atoms with van der Waals surface area (Å²) in [7, 11) is 0. The third kappa shape index (κ3) is 2.28.